The molecule has 0 aliphatic carbocycles. The fourth-order valence-corrected chi connectivity index (χ4v) is 2.86. The molecular weight excluding hydrogens is 218 g/mol. The molecule has 1 aliphatic rings. The van der Waals surface area contributed by atoms with Crippen LogP contribution in [-0.2, 0) is 4.79 Å². The fourth-order valence-electron chi connectivity index (χ4n) is 1.80. The van der Waals surface area contributed by atoms with Gasteiger partial charge in [-0.15, -0.1) is 0 Å². The molecule has 1 radical (unpaired) electrons. The van der Waals surface area contributed by atoms with Gasteiger partial charge in [0.2, 0.25) is 0 Å². The molecule has 2 aromatic carbocycles. The number of hydrogen-bond acceptors (Lipinski definition) is 2. The summed E-state index contributed by atoms with van der Waals surface area (Å²) >= 11 is 1.68. The number of rotatable bonds is 1. The minimum Gasteiger partial charge on any atom is -0.270 e. The maximum atomic E-state index is 11.1. The summed E-state index contributed by atoms with van der Waals surface area (Å²) in [5, 5.41) is 0. The van der Waals surface area contributed by atoms with Crippen LogP contribution in [0.1, 0.15) is 0 Å². The van der Waals surface area contributed by atoms with Crippen LogP contribution < -0.4 is 4.90 Å². The molecule has 1 heterocycles. The normalized spacial score (nSPS) is 12.9. The van der Waals surface area contributed by atoms with Crippen molar-refractivity contribution in [1.82, 2.24) is 0 Å². The number of amides is 1. The number of hydrogen-bond donors (Lipinski definition) is 0. The van der Waals surface area contributed by atoms with Crippen LogP contribution in [0.15, 0.2) is 58.3 Å². The van der Waals surface area contributed by atoms with E-state index in [0.29, 0.717) is 0 Å². The van der Waals surface area contributed by atoms with Crippen LogP contribution in [-0.4, -0.2) is 6.41 Å². The predicted octanol–water partition coefficient (Wildman–Crippen LogP) is 3.36. The summed E-state index contributed by atoms with van der Waals surface area (Å²) in [5.74, 6) is 0. The zero-order chi connectivity index (χ0) is 11.0. The lowest BCUT2D eigenvalue weighted by Gasteiger charge is -2.26. The highest BCUT2D eigenvalue weighted by Crippen LogP contribution is 2.46. The van der Waals surface area contributed by atoms with Gasteiger partial charge in [-0.05, 0) is 24.3 Å². The highest BCUT2D eigenvalue weighted by Gasteiger charge is 2.22. The second-order valence-electron chi connectivity index (χ2n) is 3.46. The molecule has 0 spiro atoms. The van der Waals surface area contributed by atoms with E-state index in [-0.39, 0.29) is 0 Å². The molecule has 1 amide bonds. The van der Waals surface area contributed by atoms with Crippen molar-refractivity contribution < 1.29 is 4.79 Å². The molecule has 0 bridgehead atoms. The molecule has 0 atom stereocenters. The minimum atomic E-state index is 0.904. The van der Waals surface area contributed by atoms with Gasteiger partial charge in [0.25, 0.3) is 0 Å². The first-order valence-corrected chi connectivity index (χ1v) is 5.75. The predicted molar refractivity (Wildman–Crippen MR) is 64.8 cm³/mol. The maximum absolute atomic E-state index is 11.1. The molecular formula is C13H8NOS. The molecule has 0 saturated carbocycles. The van der Waals surface area contributed by atoms with Gasteiger partial charge in [0, 0.05) is 9.79 Å². The first-order valence-electron chi connectivity index (χ1n) is 4.94. The monoisotopic (exact) mass is 226 g/mol. The van der Waals surface area contributed by atoms with Crippen molar-refractivity contribution in [3.63, 3.8) is 0 Å². The minimum absolute atomic E-state index is 0.904. The van der Waals surface area contributed by atoms with Gasteiger partial charge in [-0.2, -0.15) is 0 Å². The van der Waals surface area contributed by atoms with Gasteiger partial charge < -0.3 is 0 Å². The standard InChI is InChI=1S/C13H8NOS/c15-9-14-10-5-1-3-7-12(10)16-13-8-4-2-6-11(13)14/h1-8H. The highest BCUT2D eigenvalue weighted by atomic mass is 32.2. The molecule has 3 rings (SSSR count). The molecule has 3 heteroatoms. The lowest BCUT2D eigenvalue weighted by atomic mass is 10.2. The Balaban J connectivity index is 2.23. The van der Waals surface area contributed by atoms with Gasteiger partial charge in [0.05, 0.1) is 11.4 Å². The largest absolute Gasteiger partial charge is 0.321 e. The Morgan fingerprint density at radius 1 is 0.875 bits per heavy atom. The van der Waals surface area contributed by atoms with Crippen molar-refractivity contribution >= 4 is 29.5 Å². The number of para-hydroxylation sites is 2. The third-order valence-corrected chi connectivity index (χ3v) is 3.65. The zero-order valence-corrected chi connectivity index (χ0v) is 9.20. The molecule has 16 heavy (non-hydrogen) atoms. The van der Waals surface area contributed by atoms with E-state index in [9.17, 15) is 4.79 Å². The number of carbonyl (C=O) groups excluding carboxylic acids is 1. The topological polar surface area (TPSA) is 20.3 Å². The van der Waals surface area contributed by atoms with E-state index in [2.05, 4.69) is 0 Å². The summed E-state index contributed by atoms with van der Waals surface area (Å²) < 4.78 is 0. The van der Waals surface area contributed by atoms with Crippen molar-refractivity contribution in [2.24, 2.45) is 0 Å². The SMILES string of the molecule is O=[C]N1c2ccccc2Sc2ccccc21. The van der Waals surface area contributed by atoms with E-state index in [1.54, 1.807) is 16.7 Å². The molecule has 2 nitrogen and oxygen atoms in total. The lowest BCUT2D eigenvalue weighted by Crippen LogP contribution is -2.17. The van der Waals surface area contributed by atoms with Crippen LogP contribution in [0.3, 0.4) is 0 Å². The van der Waals surface area contributed by atoms with Crippen molar-refractivity contribution in [3.05, 3.63) is 48.5 Å². The molecule has 0 fully saturated rings. The average molecular weight is 226 g/mol. The van der Waals surface area contributed by atoms with Crippen LogP contribution in [0.2, 0.25) is 0 Å². The molecule has 77 valence electrons. The van der Waals surface area contributed by atoms with Crippen LogP contribution in [0.5, 0.6) is 0 Å². The van der Waals surface area contributed by atoms with E-state index < -0.39 is 0 Å². The lowest BCUT2D eigenvalue weighted by molar-refractivity contribution is 0.555. The van der Waals surface area contributed by atoms with E-state index in [1.165, 1.54) is 0 Å². The molecule has 2 aromatic rings. The van der Waals surface area contributed by atoms with Gasteiger partial charge >= 0.3 is 6.41 Å². The van der Waals surface area contributed by atoms with Crippen LogP contribution in [0.4, 0.5) is 11.4 Å². The second kappa shape index (κ2) is 3.68. The van der Waals surface area contributed by atoms with Crippen LogP contribution in [0, 0.1) is 0 Å². The summed E-state index contributed by atoms with van der Waals surface area (Å²) in [6, 6.07) is 15.7. The third kappa shape index (κ3) is 1.32. The molecule has 0 N–H and O–H groups in total. The summed E-state index contributed by atoms with van der Waals surface area (Å²) in [4.78, 5) is 14.8. The van der Waals surface area contributed by atoms with Crippen LogP contribution in [0.25, 0.3) is 0 Å². The van der Waals surface area contributed by atoms with Crippen molar-refractivity contribution in [2.45, 2.75) is 9.79 Å². The Hall–Kier alpha value is -1.74. The Labute approximate surface area is 97.9 Å². The highest BCUT2D eigenvalue weighted by molar-refractivity contribution is 7.99. The Bertz CT molecular complexity index is 508. The van der Waals surface area contributed by atoms with Gasteiger partial charge in [-0.3, -0.25) is 9.69 Å². The van der Waals surface area contributed by atoms with Crippen molar-refractivity contribution in [2.75, 3.05) is 4.90 Å². The zero-order valence-electron chi connectivity index (χ0n) is 8.38. The van der Waals surface area contributed by atoms with E-state index >= 15 is 0 Å². The van der Waals surface area contributed by atoms with Gasteiger partial charge in [-0.1, -0.05) is 36.0 Å². The van der Waals surface area contributed by atoms with Gasteiger partial charge in [0.15, 0.2) is 0 Å². The third-order valence-electron chi connectivity index (χ3n) is 2.52. The summed E-state index contributed by atoms with van der Waals surface area (Å²) in [6.45, 7) is 0. The summed E-state index contributed by atoms with van der Waals surface area (Å²) in [7, 11) is 0. The maximum Gasteiger partial charge on any atom is 0.321 e. The van der Waals surface area contributed by atoms with E-state index in [1.807, 2.05) is 54.9 Å². The molecule has 0 saturated heterocycles. The van der Waals surface area contributed by atoms with E-state index in [0.717, 1.165) is 21.2 Å². The first kappa shape index (κ1) is 9.48. The fraction of sp³-hybridized carbons (Fsp3) is 0. The Morgan fingerprint density at radius 2 is 1.38 bits per heavy atom. The Morgan fingerprint density at radius 3 is 1.88 bits per heavy atom. The molecule has 1 aliphatic heterocycles. The molecule has 0 unspecified atom stereocenters. The molecule has 0 aromatic heterocycles. The number of nitrogens with zero attached hydrogens (tertiary/aromatic N) is 1. The van der Waals surface area contributed by atoms with Gasteiger partial charge in [-0.25, -0.2) is 0 Å². The number of anilines is 2. The number of benzene rings is 2. The van der Waals surface area contributed by atoms with Gasteiger partial charge in [0.1, 0.15) is 0 Å². The number of fused-ring (bicyclic) bond motifs is 2. The Kier molecular flexibility index (Phi) is 2.18. The van der Waals surface area contributed by atoms with Crippen LogP contribution >= 0.6 is 11.8 Å². The summed E-state index contributed by atoms with van der Waals surface area (Å²) in [5.41, 5.74) is 1.81. The van der Waals surface area contributed by atoms with Crippen molar-refractivity contribution in [1.29, 1.82) is 0 Å². The smallest absolute Gasteiger partial charge is 0.270 e. The summed E-state index contributed by atoms with van der Waals surface area (Å²) in [6.07, 6.45) is 1.99. The average Bonchev–Trinajstić information content (AvgIpc) is 2.36. The quantitative estimate of drug-likeness (QED) is 0.743. The van der Waals surface area contributed by atoms with E-state index in [4.69, 9.17) is 0 Å². The van der Waals surface area contributed by atoms with Crippen molar-refractivity contribution in [3.8, 4) is 0 Å². The first-order chi connectivity index (χ1) is 7.90. The second-order valence-corrected chi connectivity index (χ2v) is 4.55.